The molecule has 0 aliphatic carbocycles. The number of carbonyl (C=O) groups is 3. The minimum absolute atomic E-state index is 0.288. The van der Waals surface area contributed by atoms with E-state index >= 15 is 0 Å². The number of hydrazine groups is 1. The number of amides is 3. The zero-order chi connectivity index (χ0) is 27.5. The second-order valence-corrected chi connectivity index (χ2v) is 10.2. The Morgan fingerprint density at radius 3 is 2.45 bits per heavy atom. The van der Waals surface area contributed by atoms with Gasteiger partial charge in [0.25, 0.3) is 11.8 Å². The molecular formula is C26H35N3O9. The van der Waals surface area contributed by atoms with Crippen LogP contribution in [-0.4, -0.2) is 79.3 Å². The Hall–Kier alpha value is -2.87. The second-order valence-electron chi connectivity index (χ2n) is 10.2. The third kappa shape index (κ3) is 7.16. The van der Waals surface area contributed by atoms with Crippen LogP contribution in [0, 0.1) is 0 Å². The number of ether oxygens (including phenoxy) is 6. The highest BCUT2D eigenvalue weighted by molar-refractivity contribution is 5.94. The molecule has 3 aliphatic rings. The van der Waals surface area contributed by atoms with E-state index in [1.54, 1.807) is 33.8 Å². The monoisotopic (exact) mass is 533 g/mol. The molecule has 3 saturated heterocycles. The van der Waals surface area contributed by atoms with E-state index in [1.165, 1.54) is 13.0 Å². The largest absolute Gasteiger partial charge is 0.363 e. The lowest BCUT2D eigenvalue weighted by molar-refractivity contribution is -0.235. The van der Waals surface area contributed by atoms with Crippen molar-refractivity contribution < 1.29 is 42.8 Å². The SMILES string of the molecule is C[C@@H](NC(=O)CO[C@@H]1[C@H]2OC(C)(C)O[C@H]2O[C@@H]1[C@H]1COC(C)(C)O1)C(=O)NNC(=O)/C=C/c1ccccc1. The van der Waals surface area contributed by atoms with Crippen LogP contribution < -0.4 is 16.2 Å². The molecule has 0 radical (unpaired) electrons. The molecular weight excluding hydrogens is 498 g/mol. The maximum absolute atomic E-state index is 12.6. The van der Waals surface area contributed by atoms with Gasteiger partial charge in [-0.25, -0.2) is 0 Å². The van der Waals surface area contributed by atoms with E-state index in [1.807, 2.05) is 30.3 Å². The van der Waals surface area contributed by atoms with E-state index in [0.29, 0.717) is 0 Å². The summed E-state index contributed by atoms with van der Waals surface area (Å²) < 4.78 is 35.4. The third-order valence-electron chi connectivity index (χ3n) is 6.14. The van der Waals surface area contributed by atoms with Crippen LogP contribution in [-0.2, 0) is 42.8 Å². The number of benzene rings is 1. The van der Waals surface area contributed by atoms with Crippen LogP contribution in [0.3, 0.4) is 0 Å². The number of fused-ring (bicyclic) bond motifs is 1. The predicted molar refractivity (Wildman–Crippen MR) is 133 cm³/mol. The molecule has 3 heterocycles. The summed E-state index contributed by atoms with van der Waals surface area (Å²) in [5.74, 6) is -3.30. The molecule has 0 unspecified atom stereocenters. The van der Waals surface area contributed by atoms with Crippen LogP contribution in [0.2, 0.25) is 0 Å². The Balaban J connectivity index is 1.25. The zero-order valence-electron chi connectivity index (χ0n) is 22.1. The van der Waals surface area contributed by atoms with Crippen LogP contribution >= 0.6 is 0 Å². The fourth-order valence-electron chi connectivity index (χ4n) is 4.40. The van der Waals surface area contributed by atoms with Gasteiger partial charge in [-0.05, 0) is 46.3 Å². The standard InChI is InChI=1S/C26H35N3O9/c1-15(23(32)29-28-18(30)12-11-16-9-7-6-8-10-16)27-19(31)14-33-21-20(17-13-34-25(2,3)36-17)35-24-22(21)37-26(4,5)38-24/h6-12,15,17,20-22,24H,13-14H2,1-5H3,(H,27,31)(H,28,30)(H,29,32)/b12-11+/t15-,17-,20-,21+,22-,24-/m1/s1. The van der Waals surface area contributed by atoms with Crippen molar-refractivity contribution in [3.8, 4) is 0 Å². The van der Waals surface area contributed by atoms with Gasteiger partial charge in [0, 0.05) is 6.08 Å². The Kier molecular flexibility index (Phi) is 8.50. The Bertz CT molecular complexity index is 1050. The first-order chi connectivity index (χ1) is 17.9. The zero-order valence-corrected chi connectivity index (χ0v) is 22.1. The topological polar surface area (TPSA) is 143 Å². The fraction of sp³-hybridized carbons (Fsp3) is 0.577. The average Bonchev–Trinajstić information content (AvgIpc) is 3.48. The number of carbonyl (C=O) groups excluding carboxylic acids is 3. The van der Waals surface area contributed by atoms with Crippen LogP contribution in [0.5, 0.6) is 0 Å². The fourth-order valence-corrected chi connectivity index (χ4v) is 4.40. The van der Waals surface area contributed by atoms with Gasteiger partial charge < -0.3 is 33.7 Å². The third-order valence-corrected chi connectivity index (χ3v) is 6.14. The van der Waals surface area contributed by atoms with Crippen molar-refractivity contribution in [1.82, 2.24) is 16.2 Å². The molecule has 0 bridgehead atoms. The van der Waals surface area contributed by atoms with Gasteiger partial charge in [0.15, 0.2) is 17.9 Å². The van der Waals surface area contributed by atoms with E-state index in [2.05, 4.69) is 16.2 Å². The summed E-state index contributed by atoms with van der Waals surface area (Å²) in [6.07, 6.45) is -0.0576. The predicted octanol–water partition coefficient (Wildman–Crippen LogP) is 0.765. The average molecular weight is 534 g/mol. The number of hydrogen-bond donors (Lipinski definition) is 3. The molecule has 12 heteroatoms. The molecule has 0 aromatic heterocycles. The van der Waals surface area contributed by atoms with Crippen molar-refractivity contribution in [2.75, 3.05) is 13.2 Å². The maximum atomic E-state index is 12.6. The minimum atomic E-state index is -0.940. The van der Waals surface area contributed by atoms with Crippen LogP contribution in [0.15, 0.2) is 36.4 Å². The van der Waals surface area contributed by atoms with Gasteiger partial charge in [-0.2, -0.15) is 0 Å². The van der Waals surface area contributed by atoms with Crippen molar-refractivity contribution in [3.05, 3.63) is 42.0 Å². The molecule has 208 valence electrons. The van der Waals surface area contributed by atoms with Gasteiger partial charge >= 0.3 is 0 Å². The Morgan fingerprint density at radius 2 is 1.76 bits per heavy atom. The molecule has 0 saturated carbocycles. The maximum Gasteiger partial charge on any atom is 0.262 e. The summed E-state index contributed by atoms with van der Waals surface area (Å²) in [7, 11) is 0. The highest BCUT2D eigenvalue weighted by atomic mass is 16.8. The van der Waals surface area contributed by atoms with Crippen LogP contribution in [0.1, 0.15) is 40.2 Å². The van der Waals surface area contributed by atoms with Crippen molar-refractivity contribution in [3.63, 3.8) is 0 Å². The van der Waals surface area contributed by atoms with Crippen molar-refractivity contribution in [2.45, 2.75) is 82.9 Å². The Morgan fingerprint density at radius 1 is 1.03 bits per heavy atom. The van der Waals surface area contributed by atoms with Gasteiger partial charge in [-0.1, -0.05) is 30.3 Å². The summed E-state index contributed by atoms with van der Waals surface area (Å²) in [5.41, 5.74) is 5.40. The van der Waals surface area contributed by atoms with Gasteiger partial charge in [-0.3, -0.25) is 25.2 Å². The molecule has 3 N–H and O–H groups in total. The normalized spacial score (nSPS) is 30.1. The minimum Gasteiger partial charge on any atom is -0.363 e. The van der Waals surface area contributed by atoms with Gasteiger partial charge in [0.1, 0.15) is 37.1 Å². The number of rotatable bonds is 8. The highest BCUT2D eigenvalue weighted by Crippen LogP contribution is 2.41. The van der Waals surface area contributed by atoms with Crippen molar-refractivity contribution in [2.24, 2.45) is 0 Å². The molecule has 12 nitrogen and oxygen atoms in total. The first-order valence-electron chi connectivity index (χ1n) is 12.5. The second kappa shape index (κ2) is 11.5. The molecule has 3 aliphatic heterocycles. The van der Waals surface area contributed by atoms with Gasteiger partial charge in [-0.15, -0.1) is 0 Å². The summed E-state index contributed by atoms with van der Waals surface area (Å²) >= 11 is 0. The van der Waals surface area contributed by atoms with E-state index in [0.717, 1.165) is 5.56 Å². The lowest BCUT2D eigenvalue weighted by Crippen LogP contribution is -2.52. The highest BCUT2D eigenvalue weighted by Gasteiger charge is 2.59. The molecule has 0 spiro atoms. The van der Waals surface area contributed by atoms with E-state index in [4.69, 9.17) is 28.4 Å². The number of hydrogen-bond acceptors (Lipinski definition) is 9. The van der Waals surface area contributed by atoms with Crippen molar-refractivity contribution in [1.29, 1.82) is 0 Å². The molecule has 3 fully saturated rings. The molecule has 1 aromatic carbocycles. The molecule has 4 rings (SSSR count). The smallest absolute Gasteiger partial charge is 0.262 e. The number of nitrogens with one attached hydrogen (secondary N) is 3. The lowest BCUT2D eigenvalue weighted by atomic mass is 10.1. The first-order valence-corrected chi connectivity index (χ1v) is 12.5. The van der Waals surface area contributed by atoms with E-state index < -0.39 is 66.0 Å². The van der Waals surface area contributed by atoms with E-state index in [-0.39, 0.29) is 13.2 Å². The summed E-state index contributed by atoms with van der Waals surface area (Å²) in [4.78, 5) is 36.9. The molecule has 6 atom stereocenters. The van der Waals surface area contributed by atoms with Gasteiger partial charge in [0.05, 0.1) is 6.61 Å². The van der Waals surface area contributed by atoms with Gasteiger partial charge in [0.2, 0.25) is 5.91 Å². The lowest BCUT2D eigenvalue weighted by Gasteiger charge is -2.29. The summed E-state index contributed by atoms with van der Waals surface area (Å²) in [6, 6.07) is 8.29. The summed E-state index contributed by atoms with van der Waals surface area (Å²) in [5, 5.41) is 2.54. The van der Waals surface area contributed by atoms with Crippen LogP contribution in [0.4, 0.5) is 0 Å². The first kappa shape index (κ1) is 28.1. The van der Waals surface area contributed by atoms with Crippen molar-refractivity contribution >= 4 is 23.8 Å². The molecule has 1 aromatic rings. The van der Waals surface area contributed by atoms with Crippen LogP contribution in [0.25, 0.3) is 6.08 Å². The molecule has 3 amide bonds. The quantitative estimate of drug-likeness (QED) is 0.326. The van der Waals surface area contributed by atoms with E-state index in [9.17, 15) is 14.4 Å². The Labute approximate surface area is 221 Å². The molecule has 38 heavy (non-hydrogen) atoms. The summed E-state index contributed by atoms with van der Waals surface area (Å²) in [6.45, 7) is 8.55.